The number of carboxylic acids is 2. The van der Waals surface area contributed by atoms with E-state index in [9.17, 15) is 18.9 Å². The van der Waals surface area contributed by atoms with E-state index in [0.29, 0.717) is 4.90 Å². The Bertz CT molecular complexity index is 694. The van der Waals surface area contributed by atoms with Crippen LogP contribution in [-0.2, 0) is 10.8 Å². The van der Waals surface area contributed by atoms with E-state index in [1.54, 1.807) is 30.3 Å². The van der Waals surface area contributed by atoms with E-state index in [1.165, 1.54) is 18.2 Å². The lowest BCUT2D eigenvalue weighted by Gasteiger charge is -2.08. The smallest absolute Gasteiger partial charge is 0.337 e. The standard InChI is InChI=1S/C14H10O5S/c15-13(16)10-7-4-8-11(12(10)14(17)18)20(19)9-5-2-1-3-6-9/h1-8H,(H,15,16)(H,17,18). The van der Waals surface area contributed by atoms with Gasteiger partial charge in [-0.3, -0.25) is 0 Å². The summed E-state index contributed by atoms with van der Waals surface area (Å²) in [6.07, 6.45) is 0. The molecule has 0 bridgehead atoms. The summed E-state index contributed by atoms with van der Waals surface area (Å²) in [5.41, 5.74) is -0.818. The molecule has 0 heterocycles. The Hall–Kier alpha value is -2.47. The molecule has 1 atom stereocenters. The van der Waals surface area contributed by atoms with Crippen LogP contribution in [-0.4, -0.2) is 26.4 Å². The van der Waals surface area contributed by atoms with Gasteiger partial charge in [-0.2, -0.15) is 0 Å². The van der Waals surface area contributed by atoms with Crippen molar-refractivity contribution in [3.63, 3.8) is 0 Å². The average molecular weight is 290 g/mol. The minimum absolute atomic E-state index is 0.0244. The molecule has 102 valence electrons. The predicted octanol–water partition coefficient (Wildman–Crippen LogP) is 2.25. The van der Waals surface area contributed by atoms with Gasteiger partial charge < -0.3 is 10.2 Å². The number of rotatable bonds is 4. The van der Waals surface area contributed by atoms with Crippen LogP contribution in [0.2, 0.25) is 0 Å². The lowest BCUT2D eigenvalue weighted by Crippen LogP contribution is -2.12. The van der Waals surface area contributed by atoms with E-state index >= 15 is 0 Å². The highest BCUT2D eigenvalue weighted by atomic mass is 32.2. The van der Waals surface area contributed by atoms with E-state index in [1.807, 2.05) is 0 Å². The number of benzene rings is 2. The van der Waals surface area contributed by atoms with E-state index in [2.05, 4.69) is 0 Å². The molecule has 0 saturated heterocycles. The SMILES string of the molecule is O=C(O)c1cccc(S(=O)c2ccccc2)c1C(=O)O. The van der Waals surface area contributed by atoms with Crippen LogP contribution in [0.5, 0.6) is 0 Å². The second-order valence-electron chi connectivity index (χ2n) is 3.87. The number of hydrogen-bond acceptors (Lipinski definition) is 3. The van der Waals surface area contributed by atoms with Gasteiger partial charge in [0.05, 0.1) is 26.8 Å². The lowest BCUT2D eigenvalue weighted by molar-refractivity contribution is 0.0648. The molecule has 0 amide bonds. The predicted molar refractivity (Wildman–Crippen MR) is 71.5 cm³/mol. The van der Waals surface area contributed by atoms with Crippen LogP contribution in [0.3, 0.4) is 0 Å². The summed E-state index contributed by atoms with van der Waals surface area (Å²) in [4.78, 5) is 22.8. The van der Waals surface area contributed by atoms with Crippen molar-refractivity contribution >= 4 is 22.7 Å². The largest absolute Gasteiger partial charge is 0.478 e. The third-order valence-electron chi connectivity index (χ3n) is 2.63. The molecule has 2 N–H and O–H groups in total. The van der Waals surface area contributed by atoms with Crippen molar-refractivity contribution in [2.45, 2.75) is 9.79 Å². The molecule has 5 nitrogen and oxygen atoms in total. The molecule has 1 unspecified atom stereocenters. The fourth-order valence-electron chi connectivity index (χ4n) is 1.76. The summed E-state index contributed by atoms with van der Waals surface area (Å²) in [7, 11) is -1.75. The number of aromatic carboxylic acids is 2. The van der Waals surface area contributed by atoms with Crippen molar-refractivity contribution in [1.29, 1.82) is 0 Å². The maximum atomic E-state index is 12.4. The molecule has 0 aromatic heterocycles. The van der Waals surface area contributed by atoms with Gasteiger partial charge in [0.2, 0.25) is 0 Å². The third kappa shape index (κ3) is 2.60. The highest BCUT2D eigenvalue weighted by Crippen LogP contribution is 2.23. The van der Waals surface area contributed by atoms with E-state index in [4.69, 9.17) is 5.11 Å². The summed E-state index contributed by atoms with van der Waals surface area (Å²) in [5, 5.41) is 18.2. The van der Waals surface area contributed by atoms with Crippen molar-refractivity contribution in [2.24, 2.45) is 0 Å². The first-order valence-corrected chi connectivity index (χ1v) is 6.73. The van der Waals surface area contributed by atoms with Gasteiger partial charge in [-0.05, 0) is 24.3 Å². The fraction of sp³-hybridized carbons (Fsp3) is 0. The monoisotopic (exact) mass is 290 g/mol. The maximum absolute atomic E-state index is 12.4. The normalized spacial score (nSPS) is 11.8. The topological polar surface area (TPSA) is 91.7 Å². The fourth-order valence-corrected chi connectivity index (χ4v) is 3.00. The minimum atomic E-state index is -1.75. The van der Waals surface area contributed by atoms with Gasteiger partial charge in [-0.1, -0.05) is 24.3 Å². The zero-order valence-corrected chi connectivity index (χ0v) is 11.0. The van der Waals surface area contributed by atoms with E-state index < -0.39 is 28.3 Å². The lowest BCUT2D eigenvalue weighted by atomic mass is 10.1. The van der Waals surface area contributed by atoms with E-state index in [-0.39, 0.29) is 10.5 Å². The summed E-state index contributed by atoms with van der Waals surface area (Å²) in [5.74, 6) is -2.78. The highest BCUT2D eigenvalue weighted by Gasteiger charge is 2.23. The van der Waals surface area contributed by atoms with Gasteiger partial charge in [0.15, 0.2) is 0 Å². The first-order chi connectivity index (χ1) is 9.52. The Balaban J connectivity index is 2.63. The van der Waals surface area contributed by atoms with Gasteiger partial charge in [0.1, 0.15) is 0 Å². The molecule has 0 aliphatic heterocycles. The van der Waals surface area contributed by atoms with Gasteiger partial charge in [-0.15, -0.1) is 0 Å². The zero-order chi connectivity index (χ0) is 14.7. The van der Waals surface area contributed by atoms with Crippen LogP contribution in [0.1, 0.15) is 20.7 Å². The van der Waals surface area contributed by atoms with Crippen LogP contribution in [0, 0.1) is 0 Å². The molecule has 6 heteroatoms. The second-order valence-corrected chi connectivity index (χ2v) is 5.32. The van der Waals surface area contributed by atoms with Crippen molar-refractivity contribution in [2.75, 3.05) is 0 Å². The van der Waals surface area contributed by atoms with Crippen LogP contribution >= 0.6 is 0 Å². The molecule has 0 aliphatic carbocycles. The number of carbonyl (C=O) groups is 2. The van der Waals surface area contributed by atoms with Crippen LogP contribution < -0.4 is 0 Å². The summed E-state index contributed by atoms with van der Waals surface area (Å²) in [6, 6.07) is 12.2. The average Bonchev–Trinajstić information content (AvgIpc) is 2.46. The molecular weight excluding hydrogens is 280 g/mol. The second kappa shape index (κ2) is 5.66. The molecule has 20 heavy (non-hydrogen) atoms. The first kappa shape index (κ1) is 14.0. The third-order valence-corrected chi connectivity index (χ3v) is 4.07. The van der Waals surface area contributed by atoms with Crippen molar-refractivity contribution < 1.29 is 24.0 Å². The Morgan fingerprint density at radius 2 is 1.50 bits per heavy atom. The van der Waals surface area contributed by atoms with Crippen molar-refractivity contribution in [3.05, 3.63) is 59.7 Å². The summed E-state index contributed by atoms with van der Waals surface area (Å²) >= 11 is 0. The molecule has 2 rings (SSSR count). The van der Waals surface area contributed by atoms with Crippen molar-refractivity contribution in [3.8, 4) is 0 Å². The summed E-state index contributed by atoms with van der Waals surface area (Å²) < 4.78 is 12.4. The van der Waals surface area contributed by atoms with Crippen LogP contribution in [0.4, 0.5) is 0 Å². The molecule has 0 saturated carbocycles. The van der Waals surface area contributed by atoms with Gasteiger partial charge in [-0.25, -0.2) is 13.8 Å². The highest BCUT2D eigenvalue weighted by molar-refractivity contribution is 7.85. The molecule has 2 aromatic rings. The van der Waals surface area contributed by atoms with Gasteiger partial charge >= 0.3 is 11.9 Å². The first-order valence-electron chi connectivity index (χ1n) is 5.59. The summed E-state index contributed by atoms with van der Waals surface area (Å²) in [6.45, 7) is 0. The molecule has 0 spiro atoms. The Labute approximate surface area is 117 Å². The zero-order valence-electron chi connectivity index (χ0n) is 10.1. The molecular formula is C14H10O5S. The number of carboxylic acid groups (broad SMARTS) is 2. The maximum Gasteiger partial charge on any atom is 0.337 e. The molecule has 0 fully saturated rings. The molecule has 2 aromatic carbocycles. The Kier molecular flexibility index (Phi) is 3.95. The van der Waals surface area contributed by atoms with Crippen LogP contribution in [0.25, 0.3) is 0 Å². The van der Waals surface area contributed by atoms with E-state index in [0.717, 1.165) is 0 Å². The molecule has 0 aliphatic rings. The minimum Gasteiger partial charge on any atom is -0.478 e. The van der Waals surface area contributed by atoms with Crippen LogP contribution in [0.15, 0.2) is 58.3 Å². The van der Waals surface area contributed by atoms with Gasteiger partial charge in [0, 0.05) is 4.90 Å². The van der Waals surface area contributed by atoms with Crippen molar-refractivity contribution in [1.82, 2.24) is 0 Å². The van der Waals surface area contributed by atoms with Gasteiger partial charge in [0.25, 0.3) is 0 Å². The quantitative estimate of drug-likeness (QED) is 0.901. The Morgan fingerprint density at radius 1 is 0.850 bits per heavy atom. The molecule has 0 radical (unpaired) electrons. The number of hydrogen-bond donors (Lipinski definition) is 2. The Morgan fingerprint density at radius 3 is 2.05 bits per heavy atom.